The minimum Gasteiger partial charge on any atom is -0.391 e. The number of aliphatic hydroxyl groups excluding tert-OH is 1. The topological polar surface area (TPSA) is 102 Å². The van der Waals surface area contributed by atoms with E-state index >= 15 is 0 Å². The molecule has 0 saturated heterocycles. The summed E-state index contributed by atoms with van der Waals surface area (Å²) in [5, 5.41) is 10.5. The number of carbonyl (C=O) groups excluding carboxylic acids is 1. The molecular formula is C34H61N5O4. The van der Waals surface area contributed by atoms with Gasteiger partial charge in [-0.2, -0.15) is 0 Å². The Kier molecular flexibility index (Phi) is 18.2. The summed E-state index contributed by atoms with van der Waals surface area (Å²) in [6, 6.07) is 0. The van der Waals surface area contributed by atoms with E-state index in [1.165, 1.54) is 73.3 Å². The molecule has 0 radical (unpaired) electrons. The SMILES string of the molecule is CCCCCCCCCCCCCCN(CC(O)CCCCCCCCCn1c(=O)c2c(ncn2C)n(C)c1=O)C(C)=O. The molecule has 1 N–H and O–H groups in total. The van der Waals surface area contributed by atoms with Crippen molar-refractivity contribution in [1.82, 2.24) is 23.6 Å². The molecule has 0 saturated carbocycles. The maximum Gasteiger partial charge on any atom is 0.332 e. The van der Waals surface area contributed by atoms with Crippen molar-refractivity contribution in [3.05, 3.63) is 27.2 Å². The highest BCUT2D eigenvalue weighted by Crippen LogP contribution is 2.14. The molecule has 1 amide bonds. The lowest BCUT2D eigenvalue weighted by molar-refractivity contribution is -0.130. The van der Waals surface area contributed by atoms with Crippen LogP contribution in [0.15, 0.2) is 15.9 Å². The quantitative estimate of drug-likeness (QED) is 0.131. The van der Waals surface area contributed by atoms with E-state index in [1.807, 2.05) is 4.90 Å². The van der Waals surface area contributed by atoms with E-state index in [1.54, 1.807) is 31.9 Å². The van der Waals surface area contributed by atoms with Gasteiger partial charge >= 0.3 is 5.69 Å². The van der Waals surface area contributed by atoms with Crippen molar-refractivity contribution in [2.45, 2.75) is 155 Å². The van der Waals surface area contributed by atoms with Gasteiger partial charge in [0.25, 0.3) is 5.56 Å². The molecule has 1 atom stereocenters. The number of aromatic nitrogens is 4. The number of aliphatic hydroxyl groups is 1. The second kappa shape index (κ2) is 21.3. The largest absolute Gasteiger partial charge is 0.391 e. The average molecular weight is 604 g/mol. The predicted molar refractivity (Wildman–Crippen MR) is 176 cm³/mol. The van der Waals surface area contributed by atoms with Crippen molar-refractivity contribution in [3.8, 4) is 0 Å². The maximum atomic E-state index is 12.8. The molecular weight excluding hydrogens is 542 g/mol. The third-order valence-corrected chi connectivity index (χ3v) is 8.78. The van der Waals surface area contributed by atoms with Crippen molar-refractivity contribution >= 4 is 17.1 Å². The number of nitrogens with zero attached hydrogens (tertiary/aromatic N) is 5. The summed E-state index contributed by atoms with van der Waals surface area (Å²) in [5.41, 5.74) is 0.300. The van der Waals surface area contributed by atoms with Gasteiger partial charge in [-0.25, -0.2) is 9.78 Å². The lowest BCUT2D eigenvalue weighted by Gasteiger charge is -2.24. The van der Waals surface area contributed by atoms with Gasteiger partial charge in [0, 0.05) is 40.7 Å². The molecule has 0 fully saturated rings. The summed E-state index contributed by atoms with van der Waals surface area (Å²) in [4.78, 5) is 43.5. The van der Waals surface area contributed by atoms with Crippen molar-refractivity contribution in [2.75, 3.05) is 13.1 Å². The van der Waals surface area contributed by atoms with E-state index in [-0.39, 0.29) is 17.2 Å². The van der Waals surface area contributed by atoms with Crippen molar-refractivity contribution in [1.29, 1.82) is 0 Å². The van der Waals surface area contributed by atoms with Crippen LogP contribution in [0.4, 0.5) is 0 Å². The molecule has 1 unspecified atom stereocenters. The van der Waals surface area contributed by atoms with E-state index in [9.17, 15) is 19.5 Å². The van der Waals surface area contributed by atoms with Gasteiger partial charge in [0.15, 0.2) is 11.2 Å². The molecule has 0 bridgehead atoms. The number of fused-ring (bicyclic) bond motifs is 1. The number of carbonyl (C=O) groups is 1. The van der Waals surface area contributed by atoms with Gasteiger partial charge in [-0.3, -0.25) is 18.7 Å². The molecule has 9 heteroatoms. The third kappa shape index (κ3) is 13.4. The molecule has 0 aliphatic heterocycles. The van der Waals surface area contributed by atoms with Gasteiger partial charge in [-0.1, -0.05) is 116 Å². The van der Waals surface area contributed by atoms with Gasteiger partial charge < -0.3 is 14.6 Å². The minimum atomic E-state index is -0.459. The Morgan fingerprint density at radius 1 is 0.814 bits per heavy atom. The van der Waals surface area contributed by atoms with Crippen LogP contribution in [-0.4, -0.2) is 53.8 Å². The molecule has 2 aromatic rings. The Labute approximate surface area is 259 Å². The summed E-state index contributed by atoms with van der Waals surface area (Å²) < 4.78 is 4.44. The Bertz CT molecular complexity index is 1170. The van der Waals surface area contributed by atoms with Crippen LogP contribution in [0.5, 0.6) is 0 Å². The Morgan fingerprint density at radius 3 is 1.88 bits per heavy atom. The van der Waals surface area contributed by atoms with Crippen LogP contribution in [0.25, 0.3) is 11.2 Å². The van der Waals surface area contributed by atoms with E-state index in [4.69, 9.17) is 0 Å². The van der Waals surface area contributed by atoms with Crippen molar-refractivity contribution in [3.63, 3.8) is 0 Å². The molecule has 2 heterocycles. The maximum absolute atomic E-state index is 12.8. The predicted octanol–water partition coefficient (Wildman–Crippen LogP) is 6.47. The van der Waals surface area contributed by atoms with Gasteiger partial charge in [-0.15, -0.1) is 0 Å². The van der Waals surface area contributed by atoms with Crippen LogP contribution >= 0.6 is 0 Å². The van der Waals surface area contributed by atoms with Gasteiger partial charge in [0.2, 0.25) is 5.91 Å². The third-order valence-electron chi connectivity index (χ3n) is 8.78. The van der Waals surface area contributed by atoms with Crippen LogP contribution in [0, 0.1) is 0 Å². The summed E-state index contributed by atoms with van der Waals surface area (Å²) in [5.74, 6) is 0.0579. The first kappa shape index (κ1) is 36.8. The zero-order valence-corrected chi connectivity index (χ0v) is 27.8. The Morgan fingerprint density at radius 2 is 1.33 bits per heavy atom. The number of unbranched alkanes of at least 4 members (excludes halogenated alkanes) is 17. The highest BCUT2D eigenvalue weighted by atomic mass is 16.3. The summed E-state index contributed by atoms with van der Waals surface area (Å²) in [6.07, 6.45) is 24.5. The summed E-state index contributed by atoms with van der Waals surface area (Å²) >= 11 is 0. The van der Waals surface area contributed by atoms with Crippen LogP contribution in [-0.2, 0) is 25.4 Å². The Hall–Kier alpha value is -2.42. The molecule has 0 spiro atoms. The fourth-order valence-corrected chi connectivity index (χ4v) is 5.99. The van der Waals surface area contributed by atoms with Crippen LogP contribution in [0.1, 0.15) is 142 Å². The summed E-state index contributed by atoms with van der Waals surface area (Å²) in [6.45, 7) is 5.48. The fourth-order valence-electron chi connectivity index (χ4n) is 5.99. The highest BCUT2D eigenvalue weighted by molar-refractivity contribution is 5.73. The molecule has 9 nitrogen and oxygen atoms in total. The number of rotatable bonds is 25. The van der Waals surface area contributed by atoms with E-state index in [0.717, 1.165) is 70.8 Å². The minimum absolute atomic E-state index is 0.0579. The van der Waals surface area contributed by atoms with Crippen LogP contribution in [0.2, 0.25) is 0 Å². The van der Waals surface area contributed by atoms with Crippen molar-refractivity contribution < 1.29 is 9.90 Å². The molecule has 0 aliphatic rings. The normalized spacial score (nSPS) is 12.3. The first-order valence-corrected chi connectivity index (χ1v) is 17.3. The first-order valence-electron chi connectivity index (χ1n) is 17.3. The Balaban J connectivity index is 1.49. The van der Waals surface area contributed by atoms with Crippen molar-refractivity contribution in [2.24, 2.45) is 14.1 Å². The molecule has 2 rings (SSSR count). The zero-order valence-electron chi connectivity index (χ0n) is 27.8. The monoisotopic (exact) mass is 603 g/mol. The molecule has 246 valence electrons. The second-order valence-electron chi connectivity index (χ2n) is 12.6. The lowest BCUT2D eigenvalue weighted by atomic mass is 10.0. The van der Waals surface area contributed by atoms with E-state index < -0.39 is 6.10 Å². The van der Waals surface area contributed by atoms with Crippen LogP contribution in [0.3, 0.4) is 0 Å². The first-order chi connectivity index (χ1) is 20.8. The highest BCUT2D eigenvalue weighted by Gasteiger charge is 2.15. The van der Waals surface area contributed by atoms with Gasteiger partial charge in [-0.05, 0) is 19.3 Å². The standard InChI is InChI=1S/C34H61N5O4/c1-5-6-7-8-9-10-11-12-13-16-19-22-25-38(29(2)40)27-30(41)24-21-18-15-14-17-20-23-26-39-33(42)31-32(35-28-36(31)3)37(4)34(39)43/h28,30,41H,5-27H2,1-4H3. The number of hydrogen-bond acceptors (Lipinski definition) is 5. The molecule has 2 aromatic heterocycles. The van der Waals surface area contributed by atoms with Gasteiger partial charge in [0.1, 0.15) is 0 Å². The number of hydrogen-bond donors (Lipinski definition) is 1. The fraction of sp³-hybridized carbons (Fsp3) is 0.824. The van der Waals surface area contributed by atoms with E-state index in [2.05, 4.69) is 11.9 Å². The lowest BCUT2D eigenvalue weighted by Crippen LogP contribution is -2.39. The molecule has 0 aromatic carbocycles. The number of imidazole rings is 1. The summed E-state index contributed by atoms with van der Waals surface area (Å²) in [7, 11) is 3.42. The number of amides is 1. The number of aryl methyl sites for hydroxylation is 2. The smallest absolute Gasteiger partial charge is 0.332 e. The molecule has 0 aliphatic carbocycles. The van der Waals surface area contributed by atoms with Crippen LogP contribution < -0.4 is 11.2 Å². The zero-order chi connectivity index (χ0) is 31.5. The van der Waals surface area contributed by atoms with E-state index in [0.29, 0.717) is 24.3 Å². The second-order valence-corrected chi connectivity index (χ2v) is 12.6. The average Bonchev–Trinajstić information content (AvgIpc) is 3.38. The van der Waals surface area contributed by atoms with Gasteiger partial charge in [0.05, 0.1) is 12.4 Å². The molecule has 43 heavy (non-hydrogen) atoms.